The van der Waals surface area contributed by atoms with Gasteiger partial charge < -0.3 is 20.7 Å². The number of hydrogen-bond acceptors (Lipinski definition) is 4. The zero-order valence-corrected chi connectivity index (χ0v) is 13.6. The fraction of sp³-hybridized carbons (Fsp3) is 0.500. The van der Waals surface area contributed by atoms with Crippen molar-refractivity contribution in [3.8, 4) is 0 Å². The van der Waals surface area contributed by atoms with E-state index >= 15 is 0 Å². The van der Waals surface area contributed by atoms with Gasteiger partial charge in [0, 0.05) is 34.9 Å². The highest BCUT2D eigenvalue weighted by Gasteiger charge is 2.32. The van der Waals surface area contributed by atoms with Gasteiger partial charge in [-0.2, -0.15) is 0 Å². The molecule has 6 heteroatoms. The Balaban J connectivity index is 2.35. The van der Waals surface area contributed by atoms with Gasteiger partial charge in [0.2, 0.25) is 0 Å². The highest BCUT2D eigenvalue weighted by molar-refractivity contribution is 9.10. The van der Waals surface area contributed by atoms with Crippen molar-refractivity contribution in [3.63, 3.8) is 0 Å². The van der Waals surface area contributed by atoms with Gasteiger partial charge in [-0.3, -0.25) is 0 Å². The lowest BCUT2D eigenvalue weighted by atomic mass is 10.1. The number of amidine groups is 1. The molecule has 1 aliphatic rings. The summed E-state index contributed by atoms with van der Waals surface area (Å²) in [5.74, 6) is 0.719. The van der Waals surface area contributed by atoms with E-state index in [1.165, 1.54) is 0 Å². The van der Waals surface area contributed by atoms with Crippen molar-refractivity contribution in [1.29, 1.82) is 0 Å². The van der Waals surface area contributed by atoms with Crippen LogP contribution in [0.4, 0.5) is 5.69 Å². The van der Waals surface area contributed by atoms with Crippen LogP contribution >= 0.6 is 15.9 Å². The molecule has 1 saturated heterocycles. The Morgan fingerprint density at radius 3 is 2.70 bits per heavy atom. The minimum atomic E-state index is 0.141. The number of benzene rings is 1. The van der Waals surface area contributed by atoms with Crippen LogP contribution in [0.25, 0.3) is 0 Å². The molecule has 0 aliphatic carbocycles. The summed E-state index contributed by atoms with van der Waals surface area (Å²) in [5, 5.41) is 12.1. The number of halogens is 1. The van der Waals surface area contributed by atoms with Crippen molar-refractivity contribution in [2.75, 3.05) is 32.1 Å². The lowest BCUT2D eigenvalue weighted by molar-refractivity contribution is 0.266. The molecule has 1 aromatic carbocycles. The van der Waals surface area contributed by atoms with E-state index in [0.717, 1.165) is 28.8 Å². The summed E-state index contributed by atoms with van der Waals surface area (Å²) < 4.78 is 0.916. The molecule has 0 amide bonds. The summed E-state index contributed by atoms with van der Waals surface area (Å²) in [5.41, 5.74) is 7.57. The third-order valence-electron chi connectivity index (χ3n) is 3.92. The Hall–Kier alpha value is -1.27. The second kappa shape index (κ2) is 6.01. The first kappa shape index (κ1) is 15.1. The Labute approximate surface area is 128 Å². The van der Waals surface area contributed by atoms with Gasteiger partial charge in [-0.15, -0.1) is 0 Å². The monoisotopic (exact) mass is 340 g/mol. The number of anilines is 1. The number of likely N-dealkylation sites (N-methyl/N-ethyl adjacent to an activating group) is 1. The van der Waals surface area contributed by atoms with Gasteiger partial charge in [0.05, 0.1) is 0 Å². The van der Waals surface area contributed by atoms with E-state index in [9.17, 15) is 0 Å². The Kier molecular flexibility index (Phi) is 4.55. The number of nitrogens with two attached hydrogens (primary N) is 1. The lowest BCUT2D eigenvalue weighted by Crippen LogP contribution is -2.34. The molecule has 1 fully saturated rings. The first-order chi connectivity index (χ1) is 9.43. The third kappa shape index (κ3) is 2.91. The molecule has 0 spiro atoms. The third-order valence-corrected chi connectivity index (χ3v) is 4.41. The van der Waals surface area contributed by atoms with Crippen molar-refractivity contribution in [3.05, 3.63) is 28.2 Å². The maximum Gasteiger partial charge on any atom is 0.172 e. The number of nitrogens with zero attached hydrogens (tertiary/aromatic N) is 3. The van der Waals surface area contributed by atoms with Crippen molar-refractivity contribution < 1.29 is 5.21 Å². The number of rotatable bonds is 3. The van der Waals surface area contributed by atoms with E-state index in [-0.39, 0.29) is 5.84 Å². The molecular formula is C14H21BrN4O. The van der Waals surface area contributed by atoms with Crippen LogP contribution in [-0.2, 0) is 0 Å². The first-order valence-electron chi connectivity index (χ1n) is 6.63. The van der Waals surface area contributed by atoms with Crippen LogP contribution in [0.5, 0.6) is 0 Å². The predicted molar refractivity (Wildman–Crippen MR) is 85.5 cm³/mol. The molecule has 1 aliphatic heterocycles. The van der Waals surface area contributed by atoms with E-state index in [1.54, 1.807) is 0 Å². The molecule has 1 aromatic rings. The number of hydrogen-bond donors (Lipinski definition) is 2. The van der Waals surface area contributed by atoms with E-state index in [2.05, 4.69) is 51.9 Å². The van der Waals surface area contributed by atoms with Crippen molar-refractivity contribution in [2.24, 2.45) is 16.8 Å². The van der Waals surface area contributed by atoms with Crippen LogP contribution in [0.3, 0.4) is 0 Å². The normalized spacial score (nSPS) is 23.6. The molecule has 20 heavy (non-hydrogen) atoms. The zero-order valence-electron chi connectivity index (χ0n) is 12.0. The molecule has 0 aromatic heterocycles. The van der Waals surface area contributed by atoms with Crippen LogP contribution < -0.4 is 10.6 Å². The number of oxime groups is 1. The van der Waals surface area contributed by atoms with Crippen LogP contribution in [-0.4, -0.2) is 49.2 Å². The van der Waals surface area contributed by atoms with Gasteiger partial charge in [0.25, 0.3) is 0 Å². The molecule has 0 radical (unpaired) electrons. The molecule has 110 valence electrons. The topological polar surface area (TPSA) is 65.1 Å². The smallest absolute Gasteiger partial charge is 0.172 e. The van der Waals surface area contributed by atoms with Gasteiger partial charge in [-0.25, -0.2) is 0 Å². The summed E-state index contributed by atoms with van der Waals surface area (Å²) in [6.07, 6.45) is 0. The van der Waals surface area contributed by atoms with Crippen molar-refractivity contribution >= 4 is 27.5 Å². The molecule has 2 atom stereocenters. The standard InChI is InChI=1S/C14H21BrN4O/c1-9-7-19(8-13(9)18(2)3)12-5-4-10(15)6-11(12)14(16)17-20/h4-6,9,13,20H,7-8H2,1-3H3,(H2,16,17). The van der Waals surface area contributed by atoms with Gasteiger partial charge in [-0.1, -0.05) is 28.0 Å². The highest BCUT2D eigenvalue weighted by atomic mass is 79.9. The summed E-state index contributed by atoms with van der Waals surface area (Å²) in [6, 6.07) is 6.40. The molecule has 2 unspecified atom stereocenters. The molecule has 0 bridgehead atoms. The van der Waals surface area contributed by atoms with E-state index in [0.29, 0.717) is 12.0 Å². The molecule has 1 heterocycles. The quantitative estimate of drug-likeness (QED) is 0.382. The second-order valence-electron chi connectivity index (χ2n) is 5.56. The first-order valence-corrected chi connectivity index (χ1v) is 7.42. The van der Waals surface area contributed by atoms with Crippen LogP contribution in [0.1, 0.15) is 12.5 Å². The lowest BCUT2D eigenvalue weighted by Gasteiger charge is -2.24. The SMILES string of the molecule is CC1CN(c2ccc(Br)cc2/C(N)=N/O)CC1N(C)C. The molecule has 3 N–H and O–H groups in total. The molecule has 2 rings (SSSR count). The van der Waals surface area contributed by atoms with Gasteiger partial charge >= 0.3 is 0 Å². The van der Waals surface area contributed by atoms with Crippen molar-refractivity contribution in [1.82, 2.24) is 4.90 Å². The zero-order chi connectivity index (χ0) is 14.9. The Bertz CT molecular complexity index is 518. The average molecular weight is 341 g/mol. The molecular weight excluding hydrogens is 320 g/mol. The summed E-state index contributed by atoms with van der Waals surface area (Å²) in [6.45, 7) is 4.17. The Morgan fingerprint density at radius 1 is 1.45 bits per heavy atom. The maximum absolute atomic E-state index is 8.96. The maximum atomic E-state index is 8.96. The summed E-state index contributed by atoms with van der Waals surface area (Å²) in [7, 11) is 4.22. The van der Waals surface area contributed by atoms with E-state index in [4.69, 9.17) is 10.9 Å². The van der Waals surface area contributed by atoms with Crippen LogP contribution in [0.15, 0.2) is 27.8 Å². The average Bonchev–Trinajstić information content (AvgIpc) is 2.79. The van der Waals surface area contributed by atoms with Crippen molar-refractivity contribution in [2.45, 2.75) is 13.0 Å². The summed E-state index contributed by atoms with van der Waals surface area (Å²) >= 11 is 3.43. The second-order valence-corrected chi connectivity index (χ2v) is 6.48. The Morgan fingerprint density at radius 2 is 2.15 bits per heavy atom. The molecule has 5 nitrogen and oxygen atoms in total. The van der Waals surface area contributed by atoms with E-state index in [1.807, 2.05) is 18.2 Å². The van der Waals surface area contributed by atoms with Crippen LogP contribution in [0, 0.1) is 5.92 Å². The highest BCUT2D eigenvalue weighted by Crippen LogP contribution is 2.30. The van der Waals surface area contributed by atoms with Gasteiger partial charge in [0.1, 0.15) is 0 Å². The molecule has 0 saturated carbocycles. The van der Waals surface area contributed by atoms with Gasteiger partial charge in [0.15, 0.2) is 5.84 Å². The summed E-state index contributed by atoms with van der Waals surface area (Å²) in [4.78, 5) is 4.56. The van der Waals surface area contributed by atoms with Gasteiger partial charge in [-0.05, 0) is 38.2 Å². The fourth-order valence-electron chi connectivity index (χ4n) is 2.86. The fourth-order valence-corrected chi connectivity index (χ4v) is 3.22. The predicted octanol–water partition coefficient (Wildman–Crippen LogP) is 1.93. The van der Waals surface area contributed by atoms with E-state index < -0.39 is 0 Å². The largest absolute Gasteiger partial charge is 0.409 e. The minimum absolute atomic E-state index is 0.141. The minimum Gasteiger partial charge on any atom is -0.409 e. The van der Waals surface area contributed by atoms with Crippen LogP contribution in [0.2, 0.25) is 0 Å².